The Bertz CT molecular complexity index is 311. The van der Waals surface area contributed by atoms with E-state index >= 15 is 0 Å². The van der Waals surface area contributed by atoms with E-state index < -0.39 is 5.97 Å². The molecule has 2 aliphatic rings. The fourth-order valence-corrected chi connectivity index (χ4v) is 3.37. The maximum absolute atomic E-state index is 10.6. The van der Waals surface area contributed by atoms with Gasteiger partial charge in [-0.2, -0.15) is 0 Å². The second-order valence-corrected chi connectivity index (χ2v) is 5.87. The molecule has 1 aliphatic carbocycles. The van der Waals surface area contributed by atoms with Gasteiger partial charge in [0.15, 0.2) is 0 Å². The molecule has 18 heavy (non-hydrogen) atoms. The van der Waals surface area contributed by atoms with Gasteiger partial charge in [-0.05, 0) is 32.2 Å². The van der Waals surface area contributed by atoms with E-state index in [-0.39, 0.29) is 12.1 Å². The predicted molar refractivity (Wildman–Crippen MR) is 68.6 cm³/mol. The third kappa shape index (κ3) is 3.22. The standard InChI is InChI=1S/C13H24N2O3/c1-10-7-13(9-15(2)5-6-18-13)4-3-11(10)14-8-12(16)17/h10-11,14H,3-9H2,1-2H3,(H,16,17). The number of rotatable bonds is 3. The van der Waals surface area contributed by atoms with Crippen LogP contribution in [0.3, 0.4) is 0 Å². The molecule has 1 saturated carbocycles. The Labute approximate surface area is 108 Å². The zero-order chi connectivity index (χ0) is 13.2. The van der Waals surface area contributed by atoms with Crippen LogP contribution in [0.5, 0.6) is 0 Å². The Morgan fingerprint density at radius 1 is 1.61 bits per heavy atom. The SMILES string of the molecule is CC1CC2(CCC1NCC(=O)O)CN(C)CCO2. The van der Waals surface area contributed by atoms with Crippen LogP contribution in [0.15, 0.2) is 0 Å². The van der Waals surface area contributed by atoms with Crippen LogP contribution in [-0.4, -0.2) is 60.9 Å². The summed E-state index contributed by atoms with van der Waals surface area (Å²) in [5.41, 5.74) is 0.00776. The Balaban J connectivity index is 1.88. The van der Waals surface area contributed by atoms with Crippen LogP contribution in [0.4, 0.5) is 0 Å². The topological polar surface area (TPSA) is 61.8 Å². The van der Waals surface area contributed by atoms with Gasteiger partial charge in [0.05, 0.1) is 18.8 Å². The molecule has 5 heteroatoms. The van der Waals surface area contributed by atoms with Gasteiger partial charge in [0.1, 0.15) is 0 Å². The second-order valence-electron chi connectivity index (χ2n) is 5.87. The lowest BCUT2D eigenvalue weighted by Gasteiger charge is -2.48. The predicted octanol–water partition coefficient (Wildman–Crippen LogP) is 0.550. The molecule has 3 atom stereocenters. The second kappa shape index (κ2) is 5.55. The van der Waals surface area contributed by atoms with Gasteiger partial charge in [0.25, 0.3) is 0 Å². The van der Waals surface area contributed by atoms with Crippen LogP contribution in [0, 0.1) is 5.92 Å². The average molecular weight is 256 g/mol. The van der Waals surface area contributed by atoms with Gasteiger partial charge in [-0.1, -0.05) is 6.92 Å². The smallest absolute Gasteiger partial charge is 0.317 e. The molecule has 0 radical (unpaired) electrons. The summed E-state index contributed by atoms with van der Waals surface area (Å²) in [5.74, 6) is -0.319. The number of nitrogens with zero attached hydrogens (tertiary/aromatic N) is 1. The van der Waals surface area contributed by atoms with Gasteiger partial charge in [-0.15, -0.1) is 0 Å². The first kappa shape index (κ1) is 13.8. The number of hydrogen-bond acceptors (Lipinski definition) is 4. The molecule has 1 spiro atoms. The van der Waals surface area contributed by atoms with Crippen molar-refractivity contribution in [2.24, 2.45) is 5.92 Å². The molecule has 1 saturated heterocycles. The molecule has 2 N–H and O–H groups in total. The number of carboxylic acid groups (broad SMARTS) is 1. The first-order chi connectivity index (χ1) is 8.51. The summed E-state index contributed by atoms with van der Waals surface area (Å²) in [6.45, 7) is 5.08. The summed E-state index contributed by atoms with van der Waals surface area (Å²) in [4.78, 5) is 12.9. The van der Waals surface area contributed by atoms with Crippen molar-refractivity contribution < 1.29 is 14.6 Å². The van der Waals surface area contributed by atoms with Crippen molar-refractivity contribution in [2.45, 2.75) is 37.8 Å². The largest absolute Gasteiger partial charge is 0.480 e. The normalized spacial score (nSPS) is 37.9. The molecule has 1 heterocycles. The van der Waals surface area contributed by atoms with Crippen molar-refractivity contribution in [2.75, 3.05) is 33.3 Å². The zero-order valence-electron chi connectivity index (χ0n) is 11.3. The van der Waals surface area contributed by atoms with Crippen molar-refractivity contribution in [3.63, 3.8) is 0 Å². The fraction of sp³-hybridized carbons (Fsp3) is 0.923. The van der Waals surface area contributed by atoms with Gasteiger partial charge < -0.3 is 20.1 Å². The van der Waals surface area contributed by atoms with E-state index in [1.54, 1.807) is 0 Å². The number of carbonyl (C=O) groups is 1. The zero-order valence-corrected chi connectivity index (χ0v) is 11.3. The Morgan fingerprint density at radius 2 is 2.39 bits per heavy atom. The van der Waals surface area contributed by atoms with Crippen LogP contribution < -0.4 is 5.32 Å². The molecule has 0 bridgehead atoms. The highest BCUT2D eigenvalue weighted by atomic mass is 16.5. The molecular weight excluding hydrogens is 232 g/mol. The monoisotopic (exact) mass is 256 g/mol. The number of nitrogens with one attached hydrogen (secondary N) is 1. The molecule has 104 valence electrons. The lowest BCUT2D eigenvalue weighted by atomic mass is 9.75. The van der Waals surface area contributed by atoms with E-state index in [0.717, 1.165) is 39.0 Å². The third-order valence-electron chi connectivity index (χ3n) is 4.25. The van der Waals surface area contributed by atoms with E-state index in [2.05, 4.69) is 24.2 Å². The first-order valence-electron chi connectivity index (χ1n) is 6.78. The Morgan fingerprint density at radius 3 is 3.00 bits per heavy atom. The number of carboxylic acids is 1. The fourth-order valence-electron chi connectivity index (χ4n) is 3.37. The molecule has 0 aromatic rings. The van der Waals surface area contributed by atoms with E-state index in [1.807, 2.05) is 0 Å². The number of ether oxygens (including phenoxy) is 1. The van der Waals surface area contributed by atoms with E-state index in [1.165, 1.54) is 0 Å². The minimum absolute atomic E-state index is 0.00776. The van der Waals surface area contributed by atoms with E-state index in [9.17, 15) is 4.79 Å². The lowest BCUT2D eigenvalue weighted by Crippen LogP contribution is -2.56. The first-order valence-corrected chi connectivity index (χ1v) is 6.78. The molecule has 2 fully saturated rings. The minimum atomic E-state index is -0.781. The van der Waals surface area contributed by atoms with Gasteiger partial charge in [0, 0.05) is 19.1 Å². The minimum Gasteiger partial charge on any atom is -0.480 e. The molecule has 0 aromatic carbocycles. The van der Waals surface area contributed by atoms with Crippen LogP contribution in [0.1, 0.15) is 26.2 Å². The summed E-state index contributed by atoms with van der Waals surface area (Å²) in [7, 11) is 2.14. The average Bonchev–Trinajstić information content (AvgIpc) is 2.27. The van der Waals surface area contributed by atoms with Crippen molar-refractivity contribution in [3.05, 3.63) is 0 Å². The molecule has 5 nitrogen and oxygen atoms in total. The molecule has 0 amide bonds. The molecule has 2 rings (SSSR count). The van der Waals surface area contributed by atoms with Gasteiger partial charge in [-0.25, -0.2) is 0 Å². The van der Waals surface area contributed by atoms with Crippen molar-refractivity contribution in [1.29, 1.82) is 0 Å². The third-order valence-corrected chi connectivity index (χ3v) is 4.25. The van der Waals surface area contributed by atoms with Crippen molar-refractivity contribution in [3.8, 4) is 0 Å². The summed E-state index contributed by atoms with van der Waals surface area (Å²) in [6.07, 6.45) is 3.05. The van der Waals surface area contributed by atoms with E-state index in [0.29, 0.717) is 12.0 Å². The number of hydrogen-bond donors (Lipinski definition) is 2. The van der Waals surface area contributed by atoms with Crippen LogP contribution in [-0.2, 0) is 9.53 Å². The van der Waals surface area contributed by atoms with Gasteiger partial charge in [0.2, 0.25) is 0 Å². The maximum atomic E-state index is 10.6. The quantitative estimate of drug-likeness (QED) is 0.772. The summed E-state index contributed by atoms with van der Waals surface area (Å²) in [5, 5.41) is 11.8. The number of morpholine rings is 1. The molecule has 3 unspecified atom stereocenters. The van der Waals surface area contributed by atoms with Crippen molar-refractivity contribution in [1.82, 2.24) is 10.2 Å². The number of aliphatic carboxylic acids is 1. The molecule has 0 aromatic heterocycles. The number of likely N-dealkylation sites (N-methyl/N-ethyl adjacent to an activating group) is 1. The molecule has 1 aliphatic heterocycles. The highest BCUT2D eigenvalue weighted by molar-refractivity contribution is 5.69. The summed E-state index contributed by atoms with van der Waals surface area (Å²) >= 11 is 0. The highest BCUT2D eigenvalue weighted by Gasteiger charge is 2.42. The van der Waals surface area contributed by atoms with Crippen molar-refractivity contribution >= 4 is 5.97 Å². The van der Waals surface area contributed by atoms with Crippen LogP contribution >= 0.6 is 0 Å². The molecular formula is C13H24N2O3. The lowest BCUT2D eigenvalue weighted by molar-refractivity contribution is -0.138. The Hall–Kier alpha value is -0.650. The van der Waals surface area contributed by atoms with E-state index in [4.69, 9.17) is 9.84 Å². The summed E-state index contributed by atoms with van der Waals surface area (Å²) in [6, 6.07) is 0.308. The Kier molecular flexibility index (Phi) is 4.25. The highest BCUT2D eigenvalue weighted by Crippen LogP contribution is 2.37. The van der Waals surface area contributed by atoms with Crippen LogP contribution in [0.25, 0.3) is 0 Å². The summed E-state index contributed by atoms with van der Waals surface area (Å²) < 4.78 is 6.04. The maximum Gasteiger partial charge on any atom is 0.317 e. The van der Waals surface area contributed by atoms with Gasteiger partial charge >= 0.3 is 5.97 Å². The van der Waals surface area contributed by atoms with Gasteiger partial charge in [-0.3, -0.25) is 4.79 Å². The van der Waals surface area contributed by atoms with Crippen LogP contribution in [0.2, 0.25) is 0 Å².